The largest absolute Gasteiger partial charge is 0.459 e. The van der Waals surface area contributed by atoms with Crippen LogP contribution in [-0.2, 0) is 19.0 Å². The van der Waals surface area contributed by atoms with Crippen molar-refractivity contribution in [1.82, 2.24) is 9.80 Å². The van der Waals surface area contributed by atoms with E-state index >= 15 is 0 Å². The van der Waals surface area contributed by atoms with E-state index in [1.165, 1.54) is 13.8 Å². The molecule has 11 nitrogen and oxygen atoms in total. The lowest BCUT2D eigenvalue weighted by atomic mass is 9.78. The van der Waals surface area contributed by atoms with Crippen LogP contribution in [0.15, 0.2) is 0 Å². The van der Waals surface area contributed by atoms with Crippen LogP contribution in [0.2, 0.25) is 0 Å². The zero-order valence-corrected chi connectivity index (χ0v) is 27.0. The van der Waals surface area contributed by atoms with E-state index in [4.69, 9.17) is 14.2 Å². The Morgan fingerprint density at radius 3 is 2.17 bits per heavy atom. The fraction of sp³-hybridized carbons (Fsp3) is 0.967. The standard InChI is InChI=1S/C30H58N2O9/c1-12-22-30(8,38)25(35)20(6)32(11)15-16(2)14-29(7,37)26(18(4)23(33)19(5)27(36)40-22)41-28-24(34)21(31(9)10)13-17(3)39-28/h16-26,28,33-35,37-38H,12-15H2,1-11H3/t16?,17-,18+,19-,20?,21+,22-,23+,24-,25?,26?,28+,29?,30?/m1/s1. The first-order chi connectivity index (χ1) is 18.8. The quantitative estimate of drug-likeness (QED) is 0.298. The number of rotatable bonds is 4. The molecule has 0 saturated carbocycles. The second kappa shape index (κ2) is 14.3. The first-order valence-corrected chi connectivity index (χ1v) is 15.1. The summed E-state index contributed by atoms with van der Waals surface area (Å²) in [5.74, 6) is -2.65. The monoisotopic (exact) mass is 590 g/mol. The van der Waals surface area contributed by atoms with Gasteiger partial charge in [0.2, 0.25) is 0 Å². The highest BCUT2D eigenvalue weighted by Gasteiger charge is 2.49. The van der Waals surface area contributed by atoms with Crippen LogP contribution in [-0.4, -0.2) is 135 Å². The van der Waals surface area contributed by atoms with Gasteiger partial charge in [-0.1, -0.05) is 20.8 Å². The molecule has 0 spiro atoms. The number of hydrogen-bond acceptors (Lipinski definition) is 11. The maximum Gasteiger partial charge on any atom is 0.311 e. The summed E-state index contributed by atoms with van der Waals surface area (Å²) in [4.78, 5) is 17.1. The molecule has 2 aliphatic rings. The van der Waals surface area contributed by atoms with Crippen LogP contribution >= 0.6 is 0 Å². The van der Waals surface area contributed by atoms with Gasteiger partial charge < -0.3 is 49.5 Å². The first-order valence-electron chi connectivity index (χ1n) is 15.1. The lowest BCUT2D eigenvalue weighted by Crippen LogP contribution is -2.59. The molecule has 0 aromatic heterocycles. The van der Waals surface area contributed by atoms with Crippen LogP contribution in [0.3, 0.4) is 0 Å². The van der Waals surface area contributed by atoms with Crippen molar-refractivity contribution in [3.63, 3.8) is 0 Å². The summed E-state index contributed by atoms with van der Waals surface area (Å²) < 4.78 is 18.1. The van der Waals surface area contributed by atoms with Crippen LogP contribution < -0.4 is 0 Å². The van der Waals surface area contributed by atoms with Crippen molar-refractivity contribution in [3.05, 3.63) is 0 Å². The number of cyclic esters (lactones) is 1. The maximum atomic E-state index is 13.3. The second-order valence-electron chi connectivity index (χ2n) is 13.6. The molecule has 5 N–H and O–H groups in total. The second-order valence-corrected chi connectivity index (χ2v) is 13.6. The molecule has 0 aliphatic carbocycles. The van der Waals surface area contributed by atoms with Crippen molar-refractivity contribution in [2.75, 3.05) is 27.7 Å². The third-order valence-electron chi connectivity index (χ3n) is 9.46. The smallest absolute Gasteiger partial charge is 0.311 e. The lowest BCUT2D eigenvalue weighted by molar-refractivity contribution is -0.299. The average Bonchev–Trinajstić information content (AvgIpc) is 2.87. The molecule has 242 valence electrons. The summed E-state index contributed by atoms with van der Waals surface area (Å²) in [5, 5.41) is 57.0. The fourth-order valence-corrected chi connectivity index (χ4v) is 6.74. The minimum absolute atomic E-state index is 0.0990. The van der Waals surface area contributed by atoms with Gasteiger partial charge in [-0.2, -0.15) is 0 Å². The molecule has 2 saturated heterocycles. The number of aliphatic hydroxyl groups excluding tert-OH is 3. The predicted molar refractivity (Wildman–Crippen MR) is 155 cm³/mol. The number of aliphatic hydroxyl groups is 5. The number of carbonyl (C=O) groups excluding carboxylic acids is 1. The zero-order valence-electron chi connectivity index (χ0n) is 27.0. The molecule has 14 atom stereocenters. The highest BCUT2D eigenvalue weighted by atomic mass is 16.7. The third-order valence-corrected chi connectivity index (χ3v) is 9.46. The van der Waals surface area contributed by atoms with E-state index < -0.39 is 71.9 Å². The average molecular weight is 591 g/mol. The van der Waals surface area contributed by atoms with Gasteiger partial charge in [-0.3, -0.25) is 4.79 Å². The van der Waals surface area contributed by atoms with Gasteiger partial charge >= 0.3 is 5.97 Å². The van der Waals surface area contributed by atoms with Crippen LogP contribution in [0, 0.1) is 17.8 Å². The molecule has 0 bridgehead atoms. The van der Waals surface area contributed by atoms with Gasteiger partial charge in [0.05, 0.1) is 29.8 Å². The molecule has 0 aromatic rings. The molecular weight excluding hydrogens is 532 g/mol. The molecule has 2 aliphatic heterocycles. The van der Waals surface area contributed by atoms with Crippen molar-refractivity contribution in [1.29, 1.82) is 0 Å². The van der Waals surface area contributed by atoms with Gasteiger partial charge in [0.25, 0.3) is 0 Å². The summed E-state index contributed by atoms with van der Waals surface area (Å²) in [5.41, 5.74) is -3.25. The number of ether oxygens (including phenoxy) is 3. The number of nitrogens with zero attached hydrogens (tertiary/aromatic N) is 2. The van der Waals surface area contributed by atoms with Crippen LogP contribution in [0.5, 0.6) is 0 Å². The van der Waals surface area contributed by atoms with Crippen molar-refractivity contribution in [2.24, 2.45) is 17.8 Å². The van der Waals surface area contributed by atoms with E-state index in [2.05, 4.69) is 0 Å². The normalized spacial score (nSPS) is 48.4. The van der Waals surface area contributed by atoms with E-state index in [-0.39, 0.29) is 30.9 Å². The van der Waals surface area contributed by atoms with Crippen LogP contribution in [0.25, 0.3) is 0 Å². The van der Waals surface area contributed by atoms with Crippen LogP contribution in [0.4, 0.5) is 0 Å². The lowest BCUT2D eigenvalue weighted by Gasteiger charge is -2.46. The Labute approximate surface area is 246 Å². The van der Waals surface area contributed by atoms with E-state index in [9.17, 15) is 30.3 Å². The van der Waals surface area contributed by atoms with Crippen molar-refractivity contribution < 1.29 is 44.5 Å². The highest BCUT2D eigenvalue weighted by molar-refractivity contribution is 5.73. The van der Waals surface area contributed by atoms with E-state index in [0.29, 0.717) is 13.0 Å². The summed E-state index contributed by atoms with van der Waals surface area (Å²) in [6.07, 6.45) is -5.74. The fourth-order valence-electron chi connectivity index (χ4n) is 6.74. The van der Waals surface area contributed by atoms with Crippen molar-refractivity contribution >= 4 is 5.97 Å². The molecule has 2 heterocycles. The van der Waals surface area contributed by atoms with Gasteiger partial charge in [0.1, 0.15) is 23.9 Å². The molecule has 41 heavy (non-hydrogen) atoms. The van der Waals surface area contributed by atoms with E-state index in [1.807, 2.05) is 44.8 Å². The Hall–Kier alpha value is -0.890. The topological polar surface area (TPSA) is 152 Å². The molecule has 11 heteroatoms. The van der Waals surface area contributed by atoms with Gasteiger partial charge in [0.15, 0.2) is 6.29 Å². The summed E-state index contributed by atoms with van der Waals surface area (Å²) in [6.45, 7) is 14.2. The van der Waals surface area contributed by atoms with Crippen molar-refractivity contribution in [3.8, 4) is 0 Å². The Balaban J connectivity index is 2.52. The number of carbonyl (C=O) groups is 1. The van der Waals surface area contributed by atoms with Gasteiger partial charge in [-0.05, 0) is 80.9 Å². The molecule has 2 rings (SSSR count). The molecule has 6 unspecified atom stereocenters. The predicted octanol–water partition coefficient (Wildman–Crippen LogP) is 0.976. The van der Waals surface area contributed by atoms with Crippen molar-refractivity contribution in [2.45, 2.75) is 141 Å². The minimum Gasteiger partial charge on any atom is -0.459 e. The number of likely N-dealkylation sites (N-methyl/N-ethyl adjacent to an activating group) is 2. The van der Waals surface area contributed by atoms with E-state index in [1.54, 1.807) is 27.7 Å². The molecule has 2 fully saturated rings. The summed E-state index contributed by atoms with van der Waals surface area (Å²) in [7, 11) is 5.58. The maximum absolute atomic E-state index is 13.3. The zero-order chi connectivity index (χ0) is 31.6. The number of esters is 1. The van der Waals surface area contributed by atoms with Gasteiger partial charge in [-0.15, -0.1) is 0 Å². The Bertz CT molecular complexity index is 841. The number of hydrogen-bond donors (Lipinski definition) is 5. The minimum atomic E-state index is -1.75. The molecule has 0 radical (unpaired) electrons. The summed E-state index contributed by atoms with van der Waals surface area (Å²) in [6, 6.07) is -0.733. The van der Waals surface area contributed by atoms with Crippen LogP contribution in [0.1, 0.15) is 74.7 Å². The highest BCUT2D eigenvalue weighted by Crippen LogP contribution is 2.36. The molecule has 0 amide bonds. The Kier molecular flexibility index (Phi) is 12.6. The molecular formula is C30H58N2O9. The Morgan fingerprint density at radius 2 is 1.63 bits per heavy atom. The third kappa shape index (κ3) is 8.39. The molecule has 0 aromatic carbocycles. The van der Waals surface area contributed by atoms with Gasteiger partial charge in [-0.25, -0.2) is 0 Å². The summed E-state index contributed by atoms with van der Waals surface area (Å²) >= 11 is 0. The van der Waals surface area contributed by atoms with Gasteiger partial charge in [0, 0.05) is 24.5 Å². The first kappa shape index (κ1) is 36.3. The SMILES string of the molecule is CC[C@H]1OC(=O)[C@H](C)[C@@H](O)[C@H](C)C(O[C@@H]2O[C@H](C)C[C@H](N(C)C)[C@H]2O)C(C)(O)CC(C)CN(C)C(C)C(O)C1(C)O. The van der Waals surface area contributed by atoms with E-state index in [0.717, 1.165) is 0 Å². The Morgan fingerprint density at radius 1 is 1.05 bits per heavy atom.